The van der Waals surface area contributed by atoms with E-state index < -0.39 is 5.41 Å². The van der Waals surface area contributed by atoms with Crippen molar-refractivity contribution in [1.29, 1.82) is 5.26 Å². The summed E-state index contributed by atoms with van der Waals surface area (Å²) in [6.45, 7) is 11.2. The van der Waals surface area contributed by atoms with Crippen LogP contribution in [0.3, 0.4) is 0 Å². The number of hydrogen-bond acceptors (Lipinski definition) is 4. The molecular weight excluding hydrogens is 434 g/mol. The van der Waals surface area contributed by atoms with Gasteiger partial charge in [0.25, 0.3) is 0 Å². The Bertz CT molecular complexity index is 915. The second-order valence-corrected chi connectivity index (χ2v) is 11.1. The van der Waals surface area contributed by atoms with E-state index in [0.717, 1.165) is 55.7 Å². The molecule has 1 saturated heterocycles. The van der Waals surface area contributed by atoms with Crippen molar-refractivity contribution in [2.24, 2.45) is 11.3 Å². The second-order valence-electron chi connectivity index (χ2n) is 10.7. The van der Waals surface area contributed by atoms with Crippen LogP contribution < -0.4 is 0 Å². The fourth-order valence-electron chi connectivity index (χ4n) is 5.11. The lowest BCUT2D eigenvalue weighted by molar-refractivity contribution is -0.140. The fraction of sp³-hybridized carbons (Fsp3) is 0.667. The van der Waals surface area contributed by atoms with Crippen LogP contribution in [0, 0.1) is 29.6 Å². The standard InChI is InChI=1S/C27H38ClN3O2/c1-19-16-30(11-12-31(19)26(33)21-7-5-6-8-21)17-23-14-24(28)13-22(20(23)2)15-25(32)9-10-27(3,4)18-29/h13-14,19,21H,5-12,15-17H2,1-4H3/t19-/m0/s1. The van der Waals surface area contributed by atoms with Crippen LogP contribution in [0.2, 0.25) is 5.02 Å². The lowest BCUT2D eigenvalue weighted by Gasteiger charge is -2.41. The summed E-state index contributed by atoms with van der Waals surface area (Å²) in [5.74, 6) is 0.717. The molecule has 0 bridgehead atoms. The summed E-state index contributed by atoms with van der Waals surface area (Å²) in [5.41, 5.74) is 2.75. The quantitative estimate of drug-likeness (QED) is 0.515. The first-order valence-corrected chi connectivity index (χ1v) is 12.7. The predicted molar refractivity (Wildman–Crippen MR) is 132 cm³/mol. The normalized spacial score (nSPS) is 20.1. The molecule has 2 fully saturated rings. The number of benzene rings is 1. The molecular formula is C27H38ClN3O2. The number of nitrogens with zero attached hydrogens (tertiary/aromatic N) is 3. The van der Waals surface area contributed by atoms with Crippen molar-refractivity contribution >= 4 is 23.3 Å². The average Bonchev–Trinajstić information content (AvgIpc) is 3.30. The van der Waals surface area contributed by atoms with Gasteiger partial charge in [0.15, 0.2) is 0 Å². The third kappa shape index (κ3) is 6.80. The van der Waals surface area contributed by atoms with Crippen LogP contribution in [0.1, 0.15) is 76.0 Å². The zero-order valence-corrected chi connectivity index (χ0v) is 21.4. The number of hydrogen-bond donors (Lipinski definition) is 0. The molecule has 0 spiro atoms. The van der Waals surface area contributed by atoms with Crippen LogP contribution >= 0.6 is 11.6 Å². The van der Waals surface area contributed by atoms with E-state index in [9.17, 15) is 14.9 Å². The zero-order valence-electron chi connectivity index (χ0n) is 20.6. The summed E-state index contributed by atoms with van der Waals surface area (Å²) in [4.78, 5) is 30.0. The molecule has 0 unspecified atom stereocenters. The minimum Gasteiger partial charge on any atom is -0.337 e. The van der Waals surface area contributed by atoms with E-state index in [1.54, 1.807) is 0 Å². The molecule has 1 aliphatic heterocycles. The van der Waals surface area contributed by atoms with Crippen molar-refractivity contribution in [1.82, 2.24) is 9.80 Å². The molecule has 33 heavy (non-hydrogen) atoms. The van der Waals surface area contributed by atoms with Gasteiger partial charge in [0.2, 0.25) is 5.91 Å². The summed E-state index contributed by atoms with van der Waals surface area (Å²) >= 11 is 6.44. The smallest absolute Gasteiger partial charge is 0.226 e. The van der Waals surface area contributed by atoms with Crippen LogP contribution in [0.5, 0.6) is 0 Å². The summed E-state index contributed by atoms with van der Waals surface area (Å²) in [6.07, 6.45) is 5.76. The molecule has 5 nitrogen and oxygen atoms in total. The fourth-order valence-corrected chi connectivity index (χ4v) is 5.37. The van der Waals surface area contributed by atoms with Crippen molar-refractivity contribution in [3.8, 4) is 6.07 Å². The van der Waals surface area contributed by atoms with Gasteiger partial charge in [-0.15, -0.1) is 0 Å². The Kier molecular flexibility index (Phi) is 8.59. The Balaban J connectivity index is 1.61. The SMILES string of the molecule is Cc1c(CC(=O)CCC(C)(C)C#N)cc(Cl)cc1CN1CCN(C(=O)C2CCCC2)[C@@H](C)C1. The van der Waals surface area contributed by atoms with Gasteiger partial charge in [-0.05, 0) is 75.8 Å². The molecule has 2 aliphatic rings. The van der Waals surface area contributed by atoms with E-state index in [4.69, 9.17) is 11.6 Å². The van der Waals surface area contributed by atoms with Gasteiger partial charge in [-0.3, -0.25) is 14.5 Å². The van der Waals surface area contributed by atoms with Gasteiger partial charge in [-0.25, -0.2) is 0 Å². The lowest BCUT2D eigenvalue weighted by atomic mass is 9.87. The van der Waals surface area contributed by atoms with Crippen LogP contribution in [-0.4, -0.2) is 47.2 Å². The van der Waals surface area contributed by atoms with Crippen molar-refractivity contribution in [3.05, 3.63) is 33.8 Å². The lowest BCUT2D eigenvalue weighted by Crippen LogP contribution is -2.54. The number of carbonyl (C=O) groups excluding carboxylic acids is 2. The van der Waals surface area contributed by atoms with E-state index in [1.165, 1.54) is 12.8 Å². The highest BCUT2D eigenvalue weighted by Gasteiger charge is 2.33. The molecule has 0 aromatic heterocycles. The predicted octanol–water partition coefficient (Wildman–Crippen LogP) is 5.31. The Morgan fingerprint density at radius 2 is 1.85 bits per heavy atom. The minimum atomic E-state index is -0.484. The maximum atomic E-state index is 12.9. The summed E-state index contributed by atoms with van der Waals surface area (Å²) in [5, 5.41) is 9.84. The van der Waals surface area contributed by atoms with Gasteiger partial charge in [0, 0.05) is 56.0 Å². The topological polar surface area (TPSA) is 64.4 Å². The molecule has 0 radical (unpaired) electrons. The summed E-state index contributed by atoms with van der Waals surface area (Å²) < 4.78 is 0. The zero-order chi connectivity index (χ0) is 24.2. The highest BCUT2D eigenvalue weighted by atomic mass is 35.5. The van der Waals surface area contributed by atoms with Crippen molar-refractivity contribution < 1.29 is 9.59 Å². The van der Waals surface area contributed by atoms with Crippen molar-refractivity contribution in [3.63, 3.8) is 0 Å². The van der Waals surface area contributed by atoms with E-state index in [1.807, 2.05) is 26.0 Å². The third-order valence-corrected chi connectivity index (χ3v) is 7.62. The number of halogens is 1. The molecule has 6 heteroatoms. The van der Waals surface area contributed by atoms with E-state index in [2.05, 4.69) is 29.7 Å². The van der Waals surface area contributed by atoms with E-state index in [-0.39, 0.29) is 17.7 Å². The third-order valence-electron chi connectivity index (χ3n) is 7.40. The van der Waals surface area contributed by atoms with Crippen LogP contribution in [0.25, 0.3) is 0 Å². The van der Waals surface area contributed by atoms with E-state index >= 15 is 0 Å². The number of nitriles is 1. The van der Waals surface area contributed by atoms with Crippen LogP contribution in [0.4, 0.5) is 0 Å². The monoisotopic (exact) mass is 471 g/mol. The van der Waals surface area contributed by atoms with Crippen molar-refractivity contribution in [2.45, 2.75) is 85.2 Å². The molecule has 1 saturated carbocycles. The molecule has 1 atom stereocenters. The molecule has 0 N–H and O–H groups in total. The first-order chi connectivity index (χ1) is 15.6. The number of ketones is 1. The Hall–Kier alpha value is -1.90. The molecule has 1 amide bonds. The number of Topliss-reactive ketones (excluding diaryl/α,β-unsaturated/α-hetero) is 1. The minimum absolute atomic E-state index is 0.141. The molecule has 1 aromatic carbocycles. The number of rotatable bonds is 8. The molecule has 3 rings (SSSR count). The van der Waals surface area contributed by atoms with Gasteiger partial charge in [-0.2, -0.15) is 5.26 Å². The van der Waals surface area contributed by atoms with E-state index in [0.29, 0.717) is 30.2 Å². The van der Waals surface area contributed by atoms with Crippen LogP contribution in [0.15, 0.2) is 12.1 Å². The highest BCUT2D eigenvalue weighted by molar-refractivity contribution is 6.30. The maximum Gasteiger partial charge on any atom is 0.226 e. The molecule has 1 aromatic rings. The largest absolute Gasteiger partial charge is 0.337 e. The van der Waals surface area contributed by atoms with Gasteiger partial charge in [0.1, 0.15) is 5.78 Å². The maximum absolute atomic E-state index is 12.9. The van der Waals surface area contributed by atoms with Gasteiger partial charge < -0.3 is 4.90 Å². The molecule has 180 valence electrons. The Morgan fingerprint density at radius 3 is 2.48 bits per heavy atom. The van der Waals surface area contributed by atoms with Gasteiger partial charge >= 0.3 is 0 Å². The van der Waals surface area contributed by atoms with Gasteiger partial charge in [0.05, 0.1) is 11.5 Å². The summed E-state index contributed by atoms with van der Waals surface area (Å²) in [7, 11) is 0. The van der Waals surface area contributed by atoms with Crippen molar-refractivity contribution in [2.75, 3.05) is 19.6 Å². The first kappa shape index (κ1) is 25.7. The second kappa shape index (κ2) is 11.0. The number of carbonyl (C=O) groups is 2. The Morgan fingerprint density at radius 1 is 1.18 bits per heavy atom. The number of piperazine rings is 1. The molecule has 1 aliphatic carbocycles. The van der Waals surface area contributed by atoms with Gasteiger partial charge in [-0.1, -0.05) is 24.4 Å². The number of amides is 1. The van der Waals surface area contributed by atoms with Crippen LogP contribution in [-0.2, 0) is 22.6 Å². The first-order valence-electron chi connectivity index (χ1n) is 12.3. The molecule has 1 heterocycles. The average molecular weight is 472 g/mol. The Labute approximate surface area is 204 Å². The summed E-state index contributed by atoms with van der Waals surface area (Å²) in [6, 6.07) is 6.37. The highest BCUT2D eigenvalue weighted by Crippen LogP contribution is 2.29.